The van der Waals surface area contributed by atoms with Gasteiger partial charge in [-0.3, -0.25) is 9.59 Å². The maximum Gasteiger partial charge on any atom is 0.354 e. The number of pyridine rings is 1. The fraction of sp³-hybridized carbons (Fsp3) is 0.300. The summed E-state index contributed by atoms with van der Waals surface area (Å²) in [5.74, 6) is -1.06. The van der Waals surface area contributed by atoms with Crippen LogP contribution in [-0.4, -0.2) is 51.4 Å². The molecule has 7 heteroatoms. The van der Waals surface area contributed by atoms with Crippen LogP contribution in [0.5, 0.6) is 0 Å². The summed E-state index contributed by atoms with van der Waals surface area (Å²) in [5.41, 5.74) is 1.40. The van der Waals surface area contributed by atoms with Gasteiger partial charge in [-0.25, -0.2) is 9.78 Å². The number of hydrogen-bond acceptors (Lipinski definition) is 4. The Morgan fingerprint density at radius 1 is 1.15 bits per heavy atom. The molecule has 3 atom stereocenters. The summed E-state index contributed by atoms with van der Waals surface area (Å²) in [6, 6.07) is 12.8. The highest BCUT2D eigenvalue weighted by Crippen LogP contribution is 2.45. The van der Waals surface area contributed by atoms with E-state index >= 15 is 0 Å². The Hall–Kier alpha value is -3.22. The van der Waals surface area contributed by atoms with E-state index in [1.807, 2.05) is 23.1 Å². The molecule has 1 saturated carbocycles. The highest BCUT2D eigenvalue weighted by Gasteiger charge is 2.47. The van der Waals surface area contributed by atoms with E-state index in [1.54, 1.807) is 0 Å². The minimum Gasteiger partial charge on any atom is -0.477 e. The predicted octanol–water partition coefficient (Wildman–Crippen LogP) is 1.67. The van der Waals surface area contributed by atoms with Crippen molar-refractivity contribution < 1.29 is 19.5 Å². The van der Waals surface area contributed by atoms with Gasteiger partial charge in [-0.2, -0.15) is 0 Å². The fourth-order valence-electron chi connectivity index (χ4n) is 3.66. The summed E-state index contributed by atoms with van der Waals surface area (Å²) in [6.45, 7) is 0.499. The first-order valence-electron chi connectivity index (χ1n) is 8.87. The topological polar surface area (TPSA) is 99.6 Å². The summed E-state index contributed by atoms with van der Waals surface area (Å²) >= 11 is 0. The highest BCUT2D eigenvalue weighted by molar-refractivity contribution is 5.95. The van der Waals surface area contributed by atoms with Gasteiger partial charge in [0.15, 0.2) is 0 Å². The van der Waals surface area contributed by atoms with Gasteiger partial charge in [0.05, 0.1) is 11.6 Å². The van der Waals surface area contributed by atoms with E-state index in [1.165, 1.54) is 23.9 Å². The average molecular weight is 365 g/mol. The zero-order valence-electron chi connectivity index (χ0n) is 14.5. The fourth-order valence-corrected chi connectivity index (χ4v) is 3.66. The molecule has 138 valence electrons. The molecular weight excluding hydrogens is 346 g/mol. The smallest absolute Gasteiger partial charge is 0.354 e. The molecule has 3 unspecified atom stereocenters. The Balaban J connectivity index is 1.35. The van der Waals surface area contributed by atoms with Gasteiger partial charge >= 0.3 is 5.97 Å². The second-order valence-corrected chi connectivity index (χ2v) is 6.98. The van der Waals surface area contributed by atoms with Gasteiger partial charge in [0.1, 0.15) is 5.69 Å². The second kappa shape index (κ2) is 6.83. The molecule has 1 saturated heterocycles. The quantitative estimate of drug-likeness (QED) is 0.840. The van der Waals surface area contributed by atoms with Crippen molar-refractivity contribution in [2.75, 3.05) is 6.54 Å². The van der Waals surface area contributed by atoms with Gasteiger partial charge in [-0.15, -0.1) is 0 Å². The Kier molecular flexibility index (Phi) is 4.35. The zero-order chi connectivity index (χ0) is 19.0. The van der Waals surface area contributed by atoms with E-state index in [2.05, 4.69) is 22.4 Å². The van der Waals surface area contributed by atoms with E-state index in [9.17, 15) is 14.4 Å². The minimum atomic E-state index is -1.14. The highest BCUT2D eigenvalue weighted by atomic mass is 16.4. The molecular formula is C20H19N3O4. The number of benzene rings is 1. The molecule has 27 heavy (non-hydrogen) atoms. The van der Waals surface area contributed by atoms with Gasteiger partial charge in [0.2, 0.25) is 5.91 Å². The van der Waals surface area contributed by atoms with Crippen molar-refractivity contribution >= 4 is 17.8 Å². The molecule has 2 heterocycles. The van der Waals surface area contributed by atoms with Gasteiger partial charge in [-0.1, -0.05) is 30.3 Å². The number of likely N-dealkylation sites (tertiary alicyclic amines) is 1. The van der Waals surface area contributed by atoms with Crippen LogP contribution >= 0.6 is 0 Å². The zero-order valence-corrected chi connectivity index (χ0v) is 14.5. The summed E-state index contributed by atoms with van der Waals surface area (Å²) in [7, 11) is 0. The summed E-state index contributed by atoms with van der Waals surface area (Å²) < 4.78 is 0. The number of nitrogens with one attached hydrogen (secondary N) is 1. The molecule has 0 radical (unpaired) electrons. The van der Waals surface area contributed by atoms with Crippen molar-refractivity contribution in [3.05, 3.63) is 65.5 Å². The van der Waals surface area contributed by atoms with Crippen LogP contribution in [0.25, 0.3) is 0 Å². The SMILES string of the molecule is O=C(NC1CC(=O)N(C2CC2c2ccccc2)C1)c1ccc(C(=O)O)nc1. The number of hydrogen-bond donors (Lipinski definition) is 2. The summed E-state index contributed by atoms with van der Waals surface area (Å²) in [6.07, 6.45) is 2.47. The average Bonchev–Trinajstić information content (AvgIpc) is 3.39. The normalized spacial score (nSPS) is 23.9. The number of carbonyl (C=O) groups is 3. The van der Waals surface area contributed by atoms with Crippen LogP contribution in [0.1, 0.15) is 45.2 Å². The lowest BCUT2D eigenvalue weighted by atomic mass is 10.1. The molecule has 4 rings (SSSR count). The molecule has 2 fully saturated rings. The lowest BCUT2D eigenvalue weighted by Gasteiger charge is -2.17. The van der Waals surface area contributed by atoms with Crippen molar-refractivity contribution in [2.45, 2.75) is 30.8 Å². The van der Waals surface area contributed by atoms with Crippen LogP contribution in [0.15, 0.2) is 48.7 Å². The third kappa shape index (κ3) is 3.53. The van der Waals surface area contributed by atoms with E-state index < -0.39 is 5.97 Å². The Morgan fingerprint density at radius 3 is 2.59 bits per heavy atom. The molecule has 0 spiro atoms. The molecule has 2 aliphatic rings. The van der Waals surface area contributed by atoms with Crippen molar-refractivity contribution in [1.29, 1.82) is 0 Å². The van der Waals surface area contributed by atoms with Crippen LogP contribution in [-0.2, 0) is 4.79 Å². The second-order valence-electron chi connectivity index (χ2n) is 6.98. The van der Waals surface area contributed by atoms with E-state index in [4.69, 9.17) is 5.11 Å². The number of aromatic carboxylic acids is 1. The lowest BCUT2D eigenvalue weighted by Crippen LogP contribution is -2.37. The monoisotopic (exact) mass is 365 g/mol. The van der Waals surface area contributed by atoms with Crippen molar-refractivity contribution in [1.82, 2.24) is 15.2 Å². The number of carbonyl (C=O) groups excluding carboxylic acids is 2. The number of amides is 2. The number of nitrogens with zero attached hydrogens (tertiary/aromatic N) is 2. The molecule has 1 aliphatic carbocycles. The summed E-state index contributed by atoms with van der Waals surface area (Å²) in [4.78, 5) is 41.2. The number of aromatic nitrogens is 1. The van der Waals surface area contributed by atoms with E-state index in [0.717, 1.165) is 6.42 Å². The van der Waals surface area contributed by atoms with E-state index in [-0.39, 0.29) is 41.6 Å². The molecule has 2 aromatic rings. The number of rotatable bonds is 5. The maximum absolute atomic E-state index is 12.4. The van der Waals surface area contributed by atoms with Crippen LogP contribution in [0.4, 0.5) is 0 Å². The molecule has 1 aromatic heterocycles. The third-order valence-electron chi connectivity index (χ3n) is 5.12. The van der Waals surface area contributed by atoms with Crippen molar-refractivity contribution in [3.63, 3.8) is 0 Å². The largest absolute Gasteiger partial charge is 0.477 e. The van der Waals surface area contributed by atoms with Gasteiger partial charge in [0.25, 0.3) is 5.91 Å². The molecule has 1 aromatic carbocycles. The van der Waals surface area contributed by atoms with Gasteiger partial charge in [0, 0.05) is 31.1 Å². The summed E-state index contributed by atoms with van der Waals surface area (Å²) in [5, 5.41) is 11.7. The van der Waals surface area contributed by atoms with Gasteiger partial charge in [-0.05, 0) is 24.1 Å². The number of carboxylic acids is 1. The van der Waals surface area contributed by atoms with Crippen LogP contribution < -0.4 is 5.32 Å². The Morgan fingerprint density at radius 2 is 1.93 bits per heavy atom. The molecule has 0 bridgehead atoms. The standard InChI is InChI=1S/C20H19N3O4/c24-18-8-14(22-19(25)13-6-7-16(20(26)27)21-10-13)11-23(18)17-9-15(17)12-4-2-1-3-5-12/h1-7,10,14-15,17H,8-9,11H2,(H,22,25)(H,26,27). The van der Waals surface area contributed by atoms with Crippen LogP contribution in [0.2, 0.25) is 0 Å². The van der Waals surface area contributed by atoms with Crippen molar-refractivity contribution in [3.8, 4) is 0 Å². The van der Waals surface area contributed by atoms with Crippen LogP contribution in [0, 0.1) is 0 Å². The van der Waals surface area contributed by atoms with Gasteiger partial charge < -0.3 is 15.3 Å². The first-order chi connectivity index (χ1) is 13.0. The molecule has 2 amide bonds. The molecule has 1 aliphatic heterocycles. The van der Waals surface area contributed by atoms with Crippen LogP contribution in [0.3, 0.4) is 0 Å². The lowest BCUT2D eigenvalue weighted by molar-refractivity contribution is -0.128. The maximum atomic E-state index is 12.4. The predicted molar refractivity (Wildman–Crippen MR) is 96.4 cm³/mol. The molecule has 2 N–H and O–H groups in total. The number of carboxylic acid groups (broad SMARTS) is 1. The Labute approximate surface area is 156 Å². The minimum absolute atomic E-state index is 0.0584. The Bertz CT molecular complexity index is 882. The van der Waals surface area contributed by atoms with Crippen molar-refractivity contribution in [2.24, 2.45) is 0 Å². The molecule has 7 nitrogen and oxygen atoms in total. The van der Waals surface area contributed by atoms with E-state index in [0.29, 0.717) is 12.5 Å². The first kappa shape index (κ1) is 17.2. The first-order valence-corrected chi connectivity index (χ1v) is 8.87. The third-order valence-corrected chi connectivity index (χ3v) is 5.12.